The lowest BCUT2D eigenvalue weighted by Crippen LogP contribution is -2.49. The van der Waals surface area contributed by atoms with Crippen molar-refractivity contribution < 1.29 is 24.3 Å². The fraction of sp³-hybridized carbons (Fsp3) is 0.300. The smallest absolute Gasteiger partial charge is 0.323 e. The van der Waals surface area contributed by atoms with Crippen LogP contribution in [0.15, 0.2) is 73.1 Å². The molecule has 1 aromatic heterocycles. The number of para-hydroxylation sites is 1. The molecule has 1 unspecified atom stereocenters. The average molecular weight is 557 g/mol. The zero-order valence-electron chi connectivity index (χ0n) is 22.5. The minimum Gasteiger partial charge on any atom is -0.481 e. The molecular formula is C30H32N6O5. The van der Waals surface area contributed by atoms with Gasteiger partial charge in [0.1, 0.15) is 0 Å². The number of nitrogens with one attached hydrogen (secondary N) is 3. The van der Waals surface area contributed by atoms with Crippen LogP contribution in [-0.2, 0) is 9.59 Å². The molecule has 0 radical (unpaired) electrons. The van der Waals surface area contributed by atoms with Gasteiger partial charge in [-0.1, -0.05) is 24.3 Å². The number of rotatable bonds is 9. The Labute approximate surface area is 237 Å². The van der Waals surface area contributed by atoms with Crippen LogP contribution in [0.25, 0.3) is 0 Å². The van der Waals surface area contributed by atoms with E-state index >= 15 is 0 Å². The van der Waals surface area contributed by atoms with Crippen molar-refractivity contribution in [1.29, 1.82) is 0 Å². The molecule has 212 valence electrons. The normalized spacial score (nSPS) is 15.5. The molecule has 5 rings (SSSR count). The molecule has 1 aliphatic heterocycles. The first-order chi connectivity index (χ1) is 19.9. The number of piperazine rings is 1. The third-order valence-electron chi connectivity index (χ3n) is 7.17. The van der Waals surface area contributed by atoms with E-state index in [4.69, 9.17) is 0 Å². The molecule has 41 heavy (non-hydrogen) atoms. The molecule has 4 amide bonds. The Bertz CT molecular complexity index is 1410. The van der Waals surface area contributed by atoms with Gasteiger partial charge in [-0.05, 0) is 54.8 Å². The van der Waals surface area contributed by atoms with E-state index in [1.807, 2.05) is 23.1 Å². The van der Waals surface area contributed by atoms with Crippen molar-refractivity contribution in [2.45, 2.75) is 25.3 Å². The Morgan fingerprint density at radius 1 is 0.927 bits per heavy atom. The summed E-state index contributed by atoms with van der Waals surface area (Å²) in [5, 5.41) is 17.9. The van der Waals surface area contributed by atoms with E-state index in [2.05, 4.69) is 25.8 Å². The van der Waals surface area contributed by atoms with Crippen molar-refractivity contribution in [3.8, 4) is 0 Å². The van der Waals surface area contributed by atoms with E-state index < -0.39 is 23.9 Å². The van der Waals surface area contributed by atoms with Crippen molar-refractivity contribution in [1.82, 2.24) is 15.2 Å². The number of urea groups is 1. The highest BCUT2D eigenvalue weighted by Crippen LogP contribution is 2.33. The van der Waals surface area contributed by atoms with Gasteiger partial charge >= 0.3 is 12.0 Å². The van der Waals surface area contributed by atoms with E-state index in [1.54, 1.807) is 48.7 Å². The van der Waals surface area contributed by atoms with Crippen LogP contribution in [0.3, 0.4) is 0 Å². The second-order valence-electron chi connectivity index (χ2n) is 10.2. The number of nitrogens with zero attached hydrogens (tertiary/aromatic N) is 3. The molecule has 2 aromatic carbocycles. The fourth-order valence-electron chi connectivity index (χ4n) is 4.87. The summed E-state index contributed by atoms with van der Waals surface area (Å²) >= 11 is 0. The molecule has 1 aliphatic carbocycles. The number of carbonyl (C=O) groups excluding carboxylic acids is 3. The third kappa shape index (κ3) is 7.18. The van der Waals surface area contributed by atoms with E-state index in [1.165, 1.54) is 6.20 Å². The van der Waals surface area contributed by atoms with Gasteiger partial charge in [-0.25, -0.2) is 4.79 Å². The van der Waals surface area contributed by atoms with Gasteiger partial charge in [-0.2, -0.15) is 0 Å². The van der Waals surface area contributed by atoms with Crippen LogP contribution in [0.2, 0.25) is 0 Å². The minimum absolute atomic E-state index is 0.162. The monoisotopic (exact) mass is 556 g/mol. The van der Waals surface area contributed by atoms with Crippen molar-refractivity contribution in [2.75, 3.05) is 41.7 Å². The van der Waals surface area contributed by atoms with Crippen LogP contribution in [0, 0.1) is 5.92 Å². The van der Waals surface area contributed by atoms with Crippen molar-refractivity contribution in [3.63, 3.8) is 0 Å². The SMILES string of the molecule is O=C(O)CC(NC(=O)c1ccc(N2CCN(C(=O)C3CC3)CC2)c(NC(=O)Nc2ccccc2)c1)c1cccnc1. The standard InChI is InChI=1S/C30H32N6O5/c37-27(38)18-24(22-5-4-12-31-19-22)33-28(39)21-10-11-26(35-13-15-36(16-14-35)29(40)20-8-9-20)25(17-21)34-30(41)32-23-6-2-1-3-7-23/h1-7,10-12,17,19-20,24H,8-9,13-16,18H2,(H,33,39)(H,37,38)(H2,32,34,41). The first kappa shape index (κ1) is 27.6. The summed E-state index contributed by atoms with van der Waals surface area (Å²) in [5.41, 5.74) is 2.58. The van der Waals surface area contributed by atoms with Gasteiger partial charge in [0.2, 0.25) is 5.91 Å². The maximum atomic E-state index is 13.3. The molecule has 1 atom stereocenters. The summed E-state index contributed by atoms with van der Waals surface area (Å²) in [5.74, 6) is -1.18. The summed E-state index contributed by atoms with van der Waals surface area (Å²) in [6.45, 7) is 2.33. The van der Waals surface area contributed by atoms with Gasteiger partial charge in [0.15, 0.2) is 0 Å². The second-order valence-corrected chi connectivity index (χ2v) is 10.2. The Kier molecular flexibility index (Phi) is 8.42. The molecule has 2 heterocycles. The summed E-state index contributed by atoms with van der Waals surface area (Å²) in [6, 6.07) is 16.1. The molecule has 4 N–H and O–H groups in total. The highest BCUT2D eigenvalue weighted by atomic mass is 16.4. The van der Waals surface area contributed by atoms with Crippen LogP contribution < -0.4 is 20.9 Å². The number of anilines is 3. The van der Waals surface area contributed by atoms with Crippen molar-refractivity contribution in [3.05, 3.63) is 84.2 Å². The van der Waals surface area contributed by atoms with Crippen molar-refractivity contribution >= 4 is 40.9 Å². The first-order valence-corrected chi connectivity index (χ1v) is 13.6. The maximum Gasteiger partial charge on any atom is 0.323 e. The number of hydrogen-bond acceptors (Lipinski definition) is 6. The second kappa shape index (κ2) is 12.5. The Hall–Kier alpha value is -4.93. The number of pyridine rings is 1. The van der Waals surface area contributed by atoms with Crippen LogP contribution in [0.5, 0.6) is 0 Å². The molecule has 2 aliphatic rings. The lowest BCUT2D eigenvalue weighted by molar-refractivity contribution is -0.137. The number of hydrogen-bond donors (Lipinski definition) is 4. The Morgan fingerprint density at radius 2 is 1.68 bits per heavy atom. The fourth-order valence-corrected chi connectivity index (χ4v) is 4.87. The molecular weight excluding hydrogens is 524 g/mol. The van der Waals surface area contributed by atoms with Crippen LogP contribution in [0.4, 0.5) is 21.9 Å². The first-order valence-electron chi connectivity index (χ1n) is 13.6. The van der Waals surface area contributed by atoms with Crippen LogP contribution in [0.1, 0.15) is 41.2 Å². The lowest BCUT2D eigenvalue weighted by atomic mass is 10.0. The minimum atomic E-state index is -1.06. The van der Waals surface area contributed by atoms with E-state index in [-0.39, 0.29) is 23.8 Å². The molecule has 0 bridgehead atoms. The quantitative estimate of drug-likeness (QED) is 0.314. The van der Waals surface area contributed by atoms with Gasteiger partial charge in [-0.3, -0.25) is 19.4 Å². The van der Waals surface area contributed by atoms with Crippen LogP contribution >= 0.6 is 0 Å². The Balaban J connectivity index is 1.36. The summed E-state index contributed by atoms with van der Waals surface area (Å²) in [6.07, 6.45) is 4.69. The van der Waals surface area contributed by atoms with E-state index in [0.29, 0.717) is 43.1 Å². The van der Waals surface area contributed by atoms with Gasteiger partial charge < -0.3 is 30.9 Å². The highest BCUT2D eigenvalue weighted by Gasteiger charge is 2.35. The summed E-state index contributed by atoms with van der Waals surface area (Å²) in [4.78, 5) is 58.3. The van der Waals surface area contributed by atoms with Crippen molar-refractivity contribution in [2.24, 2.45) is 5.92 Å². The van der Waals surface area contributed by atoms with Gasteiger partial charge in [0.25, 0.3) is 5.91 Å². The molecule has 11 heteroatoms. The zero-order chi connectivity index (χ0) is 28.8. The molecule has 0 spiro atoms. The van der Waals surface area contributed by atoms with Gasteiger partial charge in [0, 0.05) is 55.7 Å². The predicted molar refractivity (Wildman–Crippen MR) is 154 cm³/mol. The largest absolute Gasteiger partial charge is 0.481 e. The van der Waals surface area contributed by atoms with Gasteiger partial charge in [0.05, 0.1) is 23.8 Å². The molecule has 1 saturated heterocycles. The number of benzene rings is 2. The molecule has 11 nitrogen and oxygen atoms in total. The van der Waals surface area contributed by atoms with E-state index in [9.17, 15) is 24.3 Å². The number of carboxylic acids is 1. The highest BCUT2D eigenvalue weighted by molar-refractivity contribution is 6.04. The number of carboxylic acid groups (broad SMARTS) is 1. The average Bonchev–Trinajstić information content (AvgIpc) is 3.83. The maximum absolute atomic E-state index is 13.3. The van der Waals surface area contributed by atoms with E-state index in [0.717, 1.165) is 18.5 Å². The number of carbonyl (C=O) groups is 4. The third-order valence-corrected chi connectivity index (χ3v) is 7.17. The van der Waals surface area contributed by atoms with Crippen LogP contribution in [-0.4, -0.2) is 65.0 Å². The molecule has 2 fully saturated rings. The number of amides is 4. The summed E-state index contributed by atoms with van der Waals surface area (Å²) in [7, 11) is 0. The van der Waals surface area contributed by atoms with Gasteiger partial charge in [-0.15, -0.1) is 0 Å². The lowest BCUT2D eigenvalue weighted by Gasteiger charge is -2.37. The topological polar surface area (TPSA) is 144 Å². The predicted octanol–water partition coefficient (Wildman–Crippen LogP) is 3.73. The number of aliphatic carboxylic acids is 1. The molecule has 1 saturated carbocycles. The zero-order valence-corrected chi connectivity index (χ0v) is 22.5. The Morgan fingerprint density at radius 3 is 2.34 bits per heavy atom. The number of aromatic nitrogens is 1. The molecule has 3 aromatic rings. The summed E-state index contributed by atoms with van der Waals surface area (Å²) < 4.78 is 0.